The van der Waals surface area contributed by atoms with E-state index in [9.17, 15) is 4.79 Å². The first-order chi connectivity index (χ1) is 8.29. The Labute approximate surface area is 103 Å². The van der Waals surface area contributed by atoms with Gasteiger partial charge >= 0.3 is 5.97 Å². The summed E-state index contributed by atoms with van der Waals surface area (Å²) in [6.45, 7) is 9.10. The van der Waals surface area contributed by atoms with Gasteiger partial charge in [0.15, 0.2) is 0 Å². The van der Waals surface area contributed by atoms with Crippen LogP contribution in [0, 0.1) is 0 Å². The monoisotopic (exact) mass is 244 g/mol. The molecule has 0 aromatic carbocycles. The Morgan fingerprint density at radius 2 is 2.24 bits per heavy atom. The van der Waals surface area contributed by atoms with Crippen LogP contribution in [0.5, 0.6) is 0 Å². The number of hydrogen-bond donors (Lipinski definition) is 1. The smallest absolute Gasteiger partial charge is 0.324 e. The summed E-state index contributed by atoms with van der Waals surface area (Å²) in [5, 5.41) is 3.22. The molecule has 1 rings (SSSR count). The van der Waals surface area contributed by atoms with Gasteiger partial charge in [-0.1, -0.05) is 6.92 Å². The molecule has 5 heteroatoms. The van der Waals surface area contributed by atoms with E-state index >= 15 is 0 Å². The van der Waals surface area contributed by atoms with Crippen molar-refractivity contribution in [2.45, 2.75) is 26.3 Å². The van der Waals surface area contributed by atoms with Crippen molar-refractivity contribution in [3.63, 3.8) is 0 Å². The van der Waals surface area contributed by atoms with Crippen molar-refractivity contribution in [3.05, 3.63) is 0 Å². The maximum absolute atomic E-state index is 11.8. The Hall–Kier alpha value is -0.650. The van der Waals surface area contributed by atoms with Crippen LogP contribution < -0.4 is 5.32 Å². The fourth-order valence-corrected chi connectivity index (χ4v) is 1.91. The lowest BCUT2D eigenvalue weighted by Crippen LogP contribution is -2.56. The molecular formula is C12H24N2O3. The van der Waals surface area contributed by atoms with E-state index in [1.165, 1.54) is 0 Å². The van der Waals surface area contributed by atoms with E-state index in [0.717, 1.165) is 32.7 Å². The van der Waals surface area contributed by atoms with Crippen LogP contribution in [0.25, 0.3) is 0 Å². The molecule has 0 bridgehead atoms. The molecule has 100 valence electrons. The van der Waals surface area contributed by atoms with Crippen molar-refractivity contribution in [2.24, 2.45) is 0 Å². The summed E-state index contributed by atoms with van der Waals surface area (Å²) in [7, 11) is 0. The Bertz CT molecular complexity index is 224. The van der Waals surface area contributed by atoms with Crippen molar-refractivity contribution in [1.82, 2.24) is 10.2 Å². The second kappa shape index (κ2) is 8.44. The van der Waals surface area contributed by atoms with E-state index in [0.29, 0.717) is 19.8 Å². The molecule has 1 aliphatic heterocycles. The summed E-state index contributed by atoms with van der Waals surface area (Å²) < 4.78 is 10.5. The molecule has 1 atom stereocenters. The van der Waals surface area contributed by atoms with E-state index < -0.39 is 0 Å². The second-order valence-electron chi connectivity index (χ2n) is 4.12. The number of ether oxygens (including phenoxy) is 2. The number of piperazine rings is 1. The number of carbonyl (C=O) groups is 1. The molecule has 17 heavy (non-hydrogen) atoms. The average molecular weight is 244 g/mol. The minimum Gasteiger partial charge on any atom is -0.465 e. The minimum atomic E-state index is -0.158. The lowest BCUT2D eigenvalue weighted by Gasteiger charge is -2.34. The lowest BCUT2D eigenvalue weighted by molar-refractivity contribution is -0.150. The van der Waals surface area contributed by atoms with Gasteiger partial charge in [0.05, 0.1) is 13.2 Å². The van der Waals surface area contributed by atoms with Gasteiger partial charge in [-0.25, -0.2) is 0 Å². The summed E-state index contributed by atoms with van der Waals surface area (Å²) in [6.07, 6.45) is 1.03. The predicted molar refractivity (Wildman–Crippen MR) is 66.0 cm³/mol. The molecule has 1 saturated heterocycles. The van der Waals surface area contributed by atoms with Gasteiger partial charge in [0.2, 0.25) is 0 Å². The van der Waals surface area contributed by atoms with Crippen LogP contribution in [-0.2, 0) is 14.3 Å². The van der Waals surface area contributed by atoms with Gasteiger partial charge in [-0.15, -0.1) is 0 Å². The Kier molecular flexibility index (Phi) is 7.16. The number of carbonyl (C=O) groups excluding carboxylic acids is 1. The third kappa shape index (κ3) is 5.02. The highest BCUT2D eigenvalue weighted by Crippen LogP contribution is 2.05. The Morgan fingerprint density at radius 1 is 1.41 bits per heavy atom. The number of esters is 1. The van der Waals surface area contributed by atoms with E-state index in [1.54, 1.807) is 0 Å². The van der Waals surface area contributed by atoms with Gasteiger partial charge in [-0.05, 0) is 13.3 Å². The molecule has 1 unspecified atom stereocenters. The predicted octanol–water partition coefficient (Wildman–Crippen LogP) is 0.250. The number of hydrogen-bond acceptors (Lipinski definition) is 5. The van der Waals surface area contributed by atoms with Crippen molar-refractivity contribution >= 4 is 5.97 Å². The number of nitrogens with zero attached hydrogens (tertiary/aromatic N) is 1. The first-order valence-electron chi connectivity index (χ1n) is 6.48. The highest BCUT2D eigenvalue weighted by Gasteiger charge is 2.29. The van der Waals surface area contributed by atoms with Crippen LogP contribution >= 0.6 is 0 Å². The second-order valence-corrected chi connectivity index (χ2v) is 4.12. The summed E-state index contributed by atoms with van der Waals surface area (Å²) in [4.78, 5) is 13.9. The van der Waals surface area contributed by atoms with Crippen LogP contribution in [0.15, 0.2) is 0 Å². The normalized spacial score (nSPS) is 21.4. The van der Waals surface area contributed by atoms with Gasteiger partial charge in [-0.2, -0.15) is 0 Å². The molecule has 5 nitrogen and oxygen atoms in total. The number of rotatable bonds is 7. The largest absolute Gasteiger partial charge is 0.465 e. The Morgan fingerprint density at radius 3 is 2.94 bits per heavy atom. The molecular weight excluding hydrogens is 220 g/mol. The molecule has 0 amide bonds. The molecule has 0 spiro atoms. The van der Waals surface area contributed by atoms with E-state index in [2.05, 4.69) is 17.1 Å². The molecule has 0 aromatic heterocycles. The average Bonchev–Trinajstić information content (AvgIpc) is 2.35. The van der Waals surface area contributed by atoms with Crippen molar-refractivity contribution < 1.29 is 14.3 Å². The maximum atomic E-state index is 11.8. The van der Waals surface area contributed by atoms with E-state index in [4.69, 9.17) is 9.47 Å². The summed E-state index contributed by atoms with van der Waals surface area (Å²) >= 11 is 0. The zero-order valence-electron chi connectivity index (χ0n) is 10.9. The molecule has 1 aliphatic rings. The van der Waals surface area contributed by atoms with Crippen LogP contribution in [0.4, 0.5) is 0 Å². The van der Waals surface area contributed by atoms with Crippen molar-refractivity contribution in [3.8, 4) is 0 Å². The third-order valence-corrected chi connectivity index (χ3v) is 2.78. The SMILES string of the molecule is CCCOCCN1CCNCC1C(=O)OCC. The Balaban J connectivity index is 2.34. The number of nitrogens with one attached hydrogen (secondary N) is 1. The topological polar surface area (TPSA) is 50.8 Å². The zero-order valence-corrected chi connectivity index (χ0v) is 10.9. The maximum Gasteiger partial charge on any atom is 0.324 e. The van der Waals surface area contributed by atoms with E-state index in [-0.39, 0.29) is 12.0 Å². The van der Waals surface area contributed by atoms with Crippen LogP contribution in [-0.4, -0.2) is 62.9 Å². The van der Waals surface area contributed by atoms with Crippen LogP contribution in [0.2, 0.25) is 0 Å². The fraction of sp³-hybridized carbons (Fsp3) is 0.917. The van der Waals surface area contributed by atoms with Gasteiger partial charge in [0.1, 0.15) is 6.04 Å². The molecule has 0 aromatic rings. The first-order valence-corrected chi connectivity index (χ1v) is 6.48. The lowest BCUT2D eigenvalue weighted by atomic mass is 10.2. The van der Waals surface area contributed by atoms with Gasteiger partial charge in [0, 0.05) is 32.8 Å². The van der Waals surface area contributed by atoms with E-state index in [1.807, 2.05) is 6.92 Å². The van der Waals surface area contributed by atoms with Gasteiger partial charge in [-0.3, -0.25) is 9.69 Å². The molecule has 1 heterocycles. The summed E-state index contributed by atoms with van der Waals surface area (Å²) in [5.74, 6) is -0.129. The van der Waals surface area contributed by atoms with Gasteiger partial charge in [0.25, 0.3) is 0 Å². The molecule has 0 radical (unpaired) electrons. The summed E-state index contributed by atoms with van der Waals surface area (Å²) in [6, 6.07) is -0.158. The highest BCUT2D eigenvalue weighted by molar-refractivity contribution is 5.76. The zero-order chi connectivity index (χ0) is 12.5. The molecule has 0 saturated carbocycles. The fourth-order valence-electron chi connectivity index (χ4n) is 1.91. The molecule has 1 fully saturated rings. The standard InChI is InChI=1S/C12H24N2O3/c1-3-8-16-9-7-14-6-5-13-10-11(14)12(15)17-4-2/h11,13H,3-10H2,1-2H3. The highest BCUT2D eigenvalue weighted by atomic mass is 16.5. The molecule has 0 aliphatic carbocycles. The van der Waals surface area contributed by atoms with Crippen molar-refractivity contribution in [2.75, 3.05) is 46.0 Å². The van der Waals surface area contributed by atoms with Crippen LogP contribution in [0.1, 0.15) is 20.3 Å². The first kappa shape index (κ1) is 14.4. The van der Waals surface area contributed by atoms with Gasteiger partial charge < -0.3 is 14.8 Å². The quantitative estimate of drug-likeness (QED) is 0.514. The molecule has 1 N–H and O–H groups in total. The summed E-state index contributed by atoms with van der Waals surface area (Å²) in [5.41, 5.74) is 0. The minimum absolute atomic E-state index is 0.129. The van der Waals surface area contributed by atoms with Crippen molar-refractivity contribution in [1.29, 1.82) is 0 Å². The third-order valence-electron chi connectivity index (χ3n) is 2.78. The van der Waals surface area contributed by atoms with Crippen LogP contribution in [0.3, 0.4) is 0 Å².